The number of ether oxygens (including phenoxy) is 1. The Labute approximate surface area is 314 Å². The van der Waals surface area contributed by atoms with Crippen molar-refractivity contribution in [1.82, 2.24) is 30.6 Å². The Morgan fingerprint density at radius 3 is 2.30 bits per heavy atom. The number of rotatable bonds is 13. The van der Waals surface area contributed by atoms with Crippen molar-refractivity contribution < 1.29 is 36.7 Å². The molecule has 6 rings (SSSR count). The molecule has 5 aromatic rings. The van der Waals surface area contributed by atoms with Crippen LogP contribution in [-0.2, 0) is 15.1 Å². The smallest absolute Gasteiger partial charge is 0.422 e. The van der Waals surface area contributed by atoms with Gasteiger partial charge in [0, 0.05) is 29.5 Å². The molecule has 0 radical (unpaired) electrons. The van der Waals surface area contributed by atoms with Crippen LogP contribution in [-0.4, -0.2) is 63.5 Å². The van der Waals surface area contributed by atoms with Crippen molar-refractivity contribution >= 4 is 74.1 Å². The molecule has 2 heterocycles. The fraction of sp³-hybridized carbons (Fsp3) is 0.286. The number of nitrogens with one attached hydrogen (secondary N) is 5. The SMILES string of the molecule is CC(C)(CNC(=O)C(=O)Nc1ccc2ncsc2c1)CNC(=O)c1ccc(Nc2nc(NC3(c4ccc(Cl)cc4)CC3)nc(OCC(F)(F)F)n2)cc1F. The number of nitrogens with zero attached hydrogens (tertiary/aromatic N) is 4. The van der Waals surface area contributed by atoms with Crippen molar-refractivity contribution in [2.75, 3.05) is 35.6 Å². The third-order valence-corrected chi connectivity index (χ3v) is 9.24. The number of fused-ring (bicyclic) bond motifs is 1. The van der Waals surface area contributed by atoms with Gasteiger partial charge in [-0.1, -0.05) is 37.6 Å². The normalized spacial score (nSPS) is 13.5. The molecule has 0 unspecified atom stereocenters. The summed E-state index contributed by atoms with van der Waals surface area (Å²) in [6, 6.07) is 15.1. The Balaban J connectivity index is 1.06. The molecule has 1 saturated carbocycles. The quantitative estimate of drug-likeness (QED) is 0.0650. The highest BCUT2D eigenvalue weighted by Gasteiger charge is 2.45. The van der Waals surface area contributed by atoms with Crippen LogP contribution in [0.15, 0.2) is 66.2 Å². The topological polar surface area (TPSA) is 172 Å². The van der Waals surface area contributed by atoms with E-state index < -0.39 is 53.3 Å². The van der Waals surface area contributed by atoms with Gasteiger partial charge in [0.15, 0.2) is 6.61 Å². The van der Waals surface area contributed by atoms with Crippen molar-refractivity contribution in [3.8, 4) is 6.01 Å². The van der Waals surface area contributed by atoms with Crippen LogP contribution in [0.1, 0.15) is 42.6 Å². The van der Waals surface area contributed by atoms with Gasteiger partial charge in [-0.2, -0.15) is 28.1 Å². The second-order valence-electron chi connectivity index (χ2n) is 13.2. The number of anilines is 4. The monoisotopic (exact) mass is 785 g/mol. The summed E-state index contributed by atoms with van der Waals surface area (Å²) in [5.41, 5.74) is 2.20. The third kappa shape index (κ3) is 9.87. The summed E-state index contributed by atoms with van der Waals surface area (Å²) in [6.07, 6.45) is -3.29. The number of hydrogen-bond acceptors (Lipinski definition) is 11. The van der Waals surface area contributed by atoms with Gasteiger partial charge in [-0.25, -0.2) is 9.37 Å². The van der Waals surface area contributed by atoms with Gasteiger partial charge in [0.25, 0.3) is 5.91 Å². The standard InChI is InChI=1S/C35H32ClF4N9O4S/c1-33(2,16-42-28(51)29(52)44-22-8-10-25-26(14-22)54-18-43-25)15-41-27(50)23-9-7-21(13-24(23)37)45-30-46-31(48-32(47-30)53-17-35(38,39)40)49-34(11-12-34)19-3-5-20(36)6-4-19/h3-10,13-14,18H,11-12,15-17H2,1-2H3,(H,41,50)(H,42,51)(H,44,52)(H2,45,46,47,48,49). The molecular formula is C35H32ClF4N9O4S. The first-order chi connectivity index (χ1) is 25.6. The van der Waals surface area contributed by atoms with Crippen molar-refractivity contribution in [1.29, 1.82) is 0 Å². The average Bonchev–Trinajstić information content (AvgIpc) is 3.74. The lowest BCUT2D eigenvalue weighted by atomic mass is 9.93. The number of alkyl halides is 3. The zero-order valence-corrected chi connectivity index (χ0v) is 30.2. The van der Waals surface area contributed by atoms with Crippen LogP contribution in [0.4, 0.5) is 40.8 Å². The molecule has 13 nitrogen and oxygen atoms in total. The lowest BCUT2D eigenvalue weighted by Gasteiger charge is -2.25. The van der Waals surface area contributed by atoms with Crippen LogP contribution >= 0.6 is 22.9 Å². The third-order valence-electron chi connectivity index (χ3n) is 8.20. The number of carbonyl (C=O) groups excluding carboxylic acids is 3. The number of benzene rings is 3. The summed E-state index contributed by atoms with van der Waals surface area (Å²) in [5, 5.41) is 14.1. The maximum Gasteiger partial charge on any atom is 0.422 e. The predicted octanol–water partition coefficient (Wildman–Crippen LogP) is 6.57. The molecule has 2 aromatic heterocycles. The molecule has 3 aromatic carbocycles. The molecule has 5 N–H and O–H groups in total. The lowest BCUT2D eigenvalue weighted by molar-refractivity contribution is -0.154. The van der Waals surface area contributed by atoms with Gasteiger partial charge in [-0.3, -0.25) is 14.4 Å². The van der Waals surface area contributed by atoms with Gasteiger partial charge in [-0.15, -0.1) is 11.3 Å². The van der Waals surface area contributed by atoms with Crippen LogP contribution < -0.4 is 31.3 Å². The fourth-order valence-corrected chi connectivity index (χ4v) is 6.02. The van der Waals surface area contributed by atoms with E-state index in [0.29, 0.717) is 23.6 Å². The van der Waals surface area contributed by atoms with Gasteiger partial charge >= 0.3 is 24.0 Å². The van der Waals surface area contributed by atoms with Crippen molar-refractivity contribution in [2.45, 2.75) is 38.4 Å². The van der Waals surface area contributed by atoms with Crippen LogP contribution in [0.2, 0.25) is 5.02 Å². The molecule has 19 heteroatoms. The zero-order valence-electron chi connectivity index (χ0n) is 28.6. The predicted molar refractivity (Wildman–Crippen MR) is 194 cm³/mol. The molecule has 3 amide bonds. The number of amides is 3. The summed E-state index contributed by atoms with van der Waals surface area (Å²) in [5.74, 6) is -3.73. The van der Waals surface area contributed by atoms with Gasteiger partial charge < -0.3 is 31.3 Å². The second kappa shape index (κ2) is 15.4. The molecule has 0 aliphatic heterocycles. The average molecular weight is 786 g/mol. The maximum atomic E-state index is 15.2. The first kappa shape index (κ1) is 38.1. The molecule has 1 aliphatic rings. The van der Waals surface area contributed by atoms with E-state index in [2.05, 4.69) is 46.5 Å². The molecule has 282 valence electrons. The molecule has 0 saturated heterocycles. The van der Waals surface area contributed by atoms with Crippen molar-refractivity contribution in [3.05, 3.63) is 88.1 Å². The van der Waals surface area contributed by atoms with Crippen LogP contribution in [0.5, 0.6) is 6.01 Å². The van der Waals surface area contributed by atoms with E-state index >= 15 is 4.39 Å². The number of halogens is 5. The molecule has 0 atom stereocenters. The van der Waals surface area contributed by atoms with Gasteiger partial charge in [0.1, 0.15) is 5.82 Å². The first-order valence-electron chi connectivity index (χ1n) is 16.3. The van der Waals surface area contributed by atoms with Crippen LogP contribution in [0.25, 0.3) is 10.2 Å². The summed E-state index contributed by atoms with van der Waals surface area (Å²) in [7, 11) is 0. The summed E-state index contributed by atoms with van der Waals surface area (Å²) >= 11 is 7.41. The zero-order chi connectivity index (χ0) is 38.7. The highest BCUT2D eigenvalue weighted by molar-refractivity contribution is 7.16. The highest BCUT2D eigenvalue weighted by Crippen LogP contribution is 2.48. The molecule has 54 heavy (non-hydrogen) atoms. The number of carbonyl (C=O) groups is 3. The van der Waals surface area contributed by atoms with E-state index in [-0.39, 0.29) is 36.2 Å². The summed E-state index contributed by atoms with van der Waals surface area (Å²) in [4.78, 5) is 54.2. The van der Waals surface area contributed by atoms with Gasteiger partial charge in [0.05, 0.1) is 26.8 Å². The minimum atomic E-state index is -4.66. The molecule has 1 fully saturated rings. The van der Waals surface area contributed by atoms with Gasteiger partial charge in [-0.05, 0) is 72.4 Å². The van der Waals surface area contributed by atoms with E-state index in [0.717, 1.165) is 21.8 Å². The van der Waals surface area contributed by atoms with Crippen LogP contribution in [0.3, 0.4) is 0 Å². The Kier molecular flexibility index (Phi) is 10.9. The number of hydrogen-bond donors (Lipinski definition) is 5. The fourth-order valence-electron chi connectivity index (χ4n) is 5.18. The second-order valence-corrected chi connectivity index (χ2v) is 14.5. The summed E-state index contributed by atoms with van der Waals surface area (Å²) in [6.45, 7) is 1.83. The van der Waals surface area contributed by atoms with Gasteiger partial charge in [0.2, 0.25) is 11.9 Å². The Hall–Kier alpha value is -5.62. The Morgan fingerprint density at radius 2 is 1.59 bits per heavy atom. The number of thiazole rings is 1. The Morgan fingerprint density at radius 1 is 0.889 bits per heavy atom. The van der Waals surface area contributed by atoms with E-state index in [4.69, 9.17) is 16.3 Å². The van der Waals surface area contributed by atoms with E-state index in [1.165, 1.54) is 23.5 Å². The van der Waals surface area contributed by atoms with Crippen molar-refractivity contribution in [2.24, 2.45) is 5.41 Å². The largest absolute Gasteiger partial charge is 0.454 e. The molecule has 0 spiro atoms. The highest BCUT2D eigenvalue weighted by atomic mass is 35.5. The first-order valence-corrected chi connectivity index (χ1v) is 17.6. The van der Waals surface area contributed by atoms with Crippen molar-refractivity contribution in [3.63, 3.8) is 0 Å². The minimum absolute atomic E-state index is 0.00800. The molecule has 0 bridgehead atoms. The maximum absolute atomic E-state index is 15.2. The molecule has 1 aliphatic carbocycles. The number of aromatic nitrogens is 4. The lowest BCUT2D eigenvalue weighted by Crippen LogP contribution is -2.45. The summed E-state index contributed by atoms with van der Waals surface area (Å²) < 4.78 is 59.7. The molecular weight excluding hydrogens is 754 g/mol. The van der Waals surface area contributed by atoms with E-state index in [1.807, 2.05) is 12.1 Å². The minimum Gasteiger partial charge on any atom is -0.454 e. The van der Waals surface area contributed by atoms with Crippen LogP contribution in [0, 0.1) is 11.2 Å². The van der Waals surface area contributed by atoms with E-state index in [9.17, 15) is 27.6 Å². The van der Waals surface area contributed by atoms with E-state index in [1.54, 1.807) is 49.7 Å². The Bertz CT molecular complexity index is 2200.